The van der Waals surface area contributed by atoms with Crippen molar-refractivity contribution in [1.82, 2.24) is 4.98 Å². The van der Waals surface area contributed by atoms with E-state index in [1.807, 2.05) is 25.1 Å². The molecule has 1 aromatic heterocycles. The van der Waals surface area contributed by atoms with Crippen LogP contribution in [0.15, 0.2) is 42.5 Å². The van der Waals surface area contributed by atoms with E-state index in [1.165, 1.54) is 23.5 Å². The Morgan fingerprint density at radius 1 is 1.17 bits per heavy atom. The molecule has 3 nitrogen and oxygen atoms in total. The number of nitrogens with zero attached hydrogens (tertiary/aromatic N) is 1. The molecule has 0 radical (unpaired) electrons. The normalized spacial score (nSPS) is 11.7. The summed E-state index contributed by atoms with van der Waals surface area (Å²) in [5, 5.41) is 2.90. The predicted octanol–water partition coefficient (Wildman–Crippen LogP) is 4.88. The number of aromatic nitrogens is 1. The number of alkyl halides is 3. The maximum Gasteiger partial charge on any atom is 0.416 e. The van der Waals surface area contributed by atoms with Gasteiger partial charge in [-0.2, -0.15) is 13.2 Å². The van der Waals surface area contributed by atoms with Gasteiger partial charge in [0.05, 0.1) is 15.8 Å². The molecule has 0 spiro atoms. The van der Waals surface area contributed by atoms with Crippen LogP contribution in [-0.4, -0.2) is 10.9 Å². The Morgan fingerprint density at radius 2 is 1.96 bits per heavy atom. The predicted molar refractivity (Wildman–Crippen MR) is 83.8 cm³/mol. The minimum Gasteiger partial charge on any atom is -0.298 e. The van der Waals surface area contributed by atoms with E-state index >= 15 is 0 Å². The summed E-state index contributed by atoms with van der Waals surface area (Å²) in [6.45, 7) is 1.93. The summed E-state index contributed by atoms with van der Waals surface area (Å²) < 4.78 is 39.0. The van der Waals surface area contributed by atoms with Crippen LogP contribution in [-0.2, 0) is 6.18 Å². The van der Waals surface area contributed by atoms with E-state index in [0.29, 0.717) is 5.13 Å². The molecule has 3 aromatic rings. The average Bonchev–Trinajstić information content (AvgIpc) is 2.87. The number of halogens is 3. The van der Waals surface area contributed by atoms with Gasteiger partial charge in [0.1, 0.15) is 0 Å². The number of nitrogens with one attached hydrogen (secondary N) is 1. The zero-order chi connectivity index (χ0) is 16.6. The topological polar surface area (TPSA) is 42.0 Å². The number of amides is 1. The van der Waals surface area contributed by atoms with Gasteiger partial charge in [-0.05, 0) is 42.8 Å². The Kier molecular flexibility index (Phi) is 3.81. The Bertz CT molecular complexity index is 886. The van der Waals surface area contributed by atoms with Crippen LogP contribution in [0, 0.1) is 6.92 Å². The molecule has 0 aliphatic heterocycles. The fraction of sp³-hybridized carbons (Fsp3) is 0.125. The second kappa shape index (κ2) is 5.66. The van der Waals surface area contributed by atoms with Crippen LogP contribution in [0.1, 0.15) is 21.5 Å². The number of benzene rings is 2. The van der Waals surface area contributed by atoms with Gasteiger partial charge < -0.3 is 0 Å². The van der Waals surface area contributed by atoms with Crippen LogP contribution in [0.3, 0.4) is 0 Å². The number of fused-ring (bicyclic) bond motifs is 1. The number of anilines is 1. The average molecular weight is 336 g/mol. The fourth-order valence-electron chi connectivity index (χ4n) is 2.10. The van der Waals surface area contributed by atoms with Gasteiger partial charge >= 0.3 is 6.18 Å². The summed E-state index contributed by atoms with van der Waals surface area (Å²) in [5.41, 5.74) is 0.869. The SMILES string of the molecule is Cc1ccc2sc(NC(=O)c3cccc(C(F)(F)F)c3)nc2c1. The van der Waals surface area contributed by atoms with Crippen molar-refractivity contribution in [3.63, 3.8) is 0 Å². The van der Waals surface area contributed by atoms with Crippen LogP contribution in [0.5, 0.6) is 0 Å². The molecule has 118 valence electrons. The van der Waals surface area contributed by atoms with Crippen molar-refractivity contribution in [1.29, 1.82) is 0 Å². The minimum absolute atomic E-state index is 0.0599. The molecule has 2 aromatic carbocycles. The molecule has 0 aliphatic carbocycles. The molecule has 0 aliphatic rings. The molecule has 1 amide bonds. The molecule has 1 N–H and O–H groups in total. The lowest BCUT2D eigenvalue weighted by Gasteiger charge is -2.08. The summed E-state index contributed by atoms with van der Waals surface area (Å²) in [5.74, 6) is -0.619. The second-order valence-corrected chi connectivity index (χ2v) is 6.05. The van der Waals surface area contributed by atoms with Gasteiger partial charge in [-0.15, -0.1) is 0 Å². The largest absolute Gasteiger partial charge is 0.416 e. The summed E-state index contributed by atoms with van der Waals surface area (Å²) in [6.07, 6.45) is -4.48. The van der Waals surface area contributed by atoms with Crippen LogP contribution in [0.4, 0.5) is 18.3 Å². The van der Waals surface area contributed by atoms with Crippen molar-refractivity contribution in [2.24, 2.45) is 0 Å². The van der Waals surface area contributed by atoms with Gasteiger partial charge in [-0.1, -0.05) is 23.5 Å². The Morgan fingerprint density at radius 3 is 2.70 bits per heavy atom. The van der Waals surface area contributed by atoms with Crippen molar-refractivity contribution >= 4 is 32.6 Å². The number of thiazole rings is 1. The first-order valence-corrected chi connectivity index (χ1v) is 7.50. The van der Waals surface area contributed by atoms with Crippen LogP contribution in [0.25, 0.3) is 10.2 Å². The standard InChI is InChI=1S/C16H11F3N2OS/c1-9-5-6-13-12(7-9)20-15(23-13)21-14(22)10-3-2-4-11(8-10)16(17,18)19/h2-8H,1H3,(H,20,21,22). The molecule has 0 fully saturated rings. The minimum atomic E-state index is -4.48. The lowest BCUT2D eigenvalue weighted by Crippen LogP contribution is -2.13. The maximum atomic E-state index is 12.7. The van der Waals surface area contributed by atoms with Gasteiger partial charge in [0, 0.05) is 5.56 Å². The Balaban J connectivity index is 1.85. The van der Waals surface area contributed by atoms with Crippen LogP contribution < -0.4 is 5.32 Å². The number of carbonyl (C=O) groups excluding carboxylic acids is 1. The van der Waals surface area contributed by atoms with Crippen molar-refractivity contribution in [2.45, 2.75) is 13.1 Å². The third kappa shape index (κ3) is 3.34. The van der Waals surface area contributed by atoms with Crippen molar-refractivity contribution < 1.29 is 18.0 Å². The smallest absolute Gasteiger partial charge is 0.298 e. The van der Waals surface area contributed by atoms with Gasteiger partial charge in [-0.25, -0.2) is 4.98 Å². The van der Waals surface area contributed by atoms with Gasteiger partial charge in [0.15, 0.2) is 5.13 Å². The molecular weight excluding hydrogens is 325 g/mol. The molecule has 0 bridgehead atoms. The molecule has 1 heterocycles. The van der Waals surface area contributed by atoms with E-state index in [1.54, 1.807) is 0 Å². The molecule has 3 rings (SSSR count). The summed E-state index contributed by atoms with van der Waals surface area (Å²) in [4.78, 5) is 16.4. The molecular formula is C16H11F3N2OS. The van der Waals surface area contributed by atoms with E-state index < -0.39 is 17.6 Å². The number of hydrogen-bond acceptors (Lipinski definition) is 3. The molecule has 0 unspecified atom stereocenters. The van der Waals surface area contributed by atoms with Gasteiger partial charge in [0.2, 0.25) is 0 Å². The van der Waals surface area contributed by atoms with Crippen LogP contribution >= 0.6 is 11.3 Å². The first kappa shape index (κ1) is 15.5. The van der Waals surface area contributed by atoms with Crippen molar-refractivity contribution in [2.75, 3.05) is 5.32 Å². The molecule has 23 heavy (non-hydrogen) atoms. The van der Waals surface area contributed by atoms with Gasteiger partial charge in [0.25, 0.3) is 5.91 Å². The fourth-order valence-corrected chi connectivity index (χ4v) is 2.94. The summed E-state index contributed by atoms with van der Waals surface area (Å²) in [7, 11) is 0. The van der Waals surface area contributed by atoms with Gasteiger partial charge in [-0.3, -0.25) is 10.1 Å². The highest BCUT2D eigenvalue weighted by Crippen LogP contribution is 2.30. The Hall–Kier alpha value is -2.41. The third-order valence-corrected chi connectivity index (χ3v) is 4.17. The quantitative estimate of drug-likeness (QED) is 0.725. The lowest BCUT2D eigenvalue weighted by molar-refractivity contribution is -0.137. The van der Waals surface area contributed by atoms with E-state index in [4.69, 9.17) is 0 Å². The molecule has 7 heteroatoms. The number of carbonyl (C=O) groups is 1. The Labute approximate surface area is 133 Å². The van der Waals surface area contributed by atoms with Crippen molar-refractivity contribution in [3.8, 4) is 0 Å². The second-order valence-electron chi connectivity index (χ2n) is 5.02. The zero-order valence-electron chi connectivity index (χ0n) is 11.9. The monoisotopic (exact) mass is 336 g/mol. The zero-order valence-corrected chi connectivity index (χ0v) is 12.8. The van der Waals surface area contributed by atoms with Crippen LogP contribution in [0.2, 0.25) is 0 Å². The van der Waals surface area contributed by atoms with E-state index in [2.05, 4.69) is 10.3 Å². The first-order chi connectivity index (χ1) is 10.8. The van der Waals surface area contributed by atoms with E-state index in [9.17, 15) is 18.0 Å². The van der Waals surface area contributed by atoms with E-state index in [-0.39, 0.29) is 5.56 Å². The molecule has 0 atom stereocenters. The highest BCUT2D eigenvalue weighted by Gasteiger charge is 2.30. The first-order valence-electron chi connectivity index (χ1n) is 6.69. The highest BCUT2D eigenvalue weighted by atomic mass is 32.1. The van der Waals surface area contributed by atoms with Crippen molar-refractivity contribution in [3.05, 3.63) is 59.2 Å². The number of aryl methyl sites for hydroxylation is 1. The maximum absolute atomic E-state index is 12.7. The third-order valence-electron chi connectivity index (χ3n) is 3.22. The number of rotatable bonds is 2. The molecule has 0 saturated carbocycles. The highest BCUT2D eigenvalue weighted by molar-refractivity contribution is 7.22. The summed E-state index contributed by atoms with van der Waals surface area (Å²) in [6, 6.07) is 10.00. The van der Waals surface area contributed by atoms with E-state index in [0.717, 1.165) is 27.9 Å². The molecule has 0 saturated heterocycles. The lowest BCUT2D eigenvalue weighted by atomic mass is 10.1. The summed E-state index contributed by atoms with van der Waals surface area (Å²) >= 11 is 1.27. The number of hydrogen-bond donors (Lipinski definition) is 1.